The van der Waals surface area contributed by atoms with E-state index in [1.165, 1.54) is 6.07 Å². The number of hydrogen-bond acceptors (Lipinski definition) is 4. The van der Waals surface area contributed by atoms with Gasteiger partial charge in [0.15, 0.2) is 0 Å². The van der Waals surface area contributed by atoms with E-state index in [1.807, 2.05) is 6.92 Å². The molecule has 1 aliphatic heterocycles. The minimum Gasteiger partial charge on any atom is -0.399 e. The molecule has 1 fully saturated rings. The first kappa shape index (κ1) is 15.3. The van der Waals surface area contributed by atoms with E-state index in [9.17, 15) is 8.42 Å². The largest absolute Gasteiger partial charge is 0.399 e. The quantitative estimate of drug-likeness (QED) is 0.810. The minimum atomic E-state index is -3.53. The van der Waals surface area contributed by atoms with Crippen LogP contribution >= 0.6 is 0 Å². The lowest BCUT2D eigenvalue weighted by Crippen LogP contribution is -2.35. The van der Waals surface area contributed by atoms with E-state index in [2.05, 4.69) is 4.72 Å². The minimum absolute atomic E-state index is 0.0235. The normalized spacial score (nSPS) is 19.9. The number of aryl methyl sites for hydroxylation is 1. The fourth-order valence-electron chi connectivity index (χ4n) is 2.36. The molecule has 5 nitrogen and oxygen atoms in total. The van der Waals surface area contributed by atoms with Gasteiger partial charge in [-0.25, -0.2) is 13.1 Å². The maximum absolute atomic E-state index is 12.4. The van der Waals surface area contributed by atoms with Crippen molar-refractivity contribution in [3.05, 3.63) is 23.8 Å². The van der Waals surface area contributed by atoms with Gasteiger partial charge >= 0.3 is 0 Å². The van der Waals surface area contributed by atoms with Crippen molar-refractivity contribution in [2.24, 2.45) is 0 Å². The second-order valence-electron chi connectivity index (χ2n) is 5.06. The van der Waals surface area contributed by atoms with E-state index < -0.39 is 10.0 Å². The Balaban J connectivity index is 2.11. The summed E-state index contributed by atoms with van der Waals surface area (Å²) in [6.07, 6.45) is 3.67. The third kappa shape index (κ3) is 3.71. The van der Waals surface area contributed by atoms with E-state index in [-0.39, 0.29) is 11.0 Å². The van der Waals surface area contributed by atoms with Gasteiger partial charge < -0.3 is 10.5 Å². The average molecular weight is 298 g/mol. The summed E-state index contributed by atoms with van der Waals surface area (Å²) in [7, 11) is -3.53. The fraction of sp³-hybridized carbons (Fsp3) is 0.571. The molecule has 0 spiro atoms. The predicted molar refractivity (Wildman–Crippen MR) is 79.0 cm³/mol. The van der Waals surface area contributed by atoms with Crippen molar-refractivity contribution in [3.63, 3.8) is 0 Å². The third-order valence-electron chi connectivity index (χ3n) is 3.54. The molecule has 0 amide bonds. The van der Waals surface area contributed by atoms with Crippen molar-refractivity contribution in [2.45, 2.75) is 43.6 Å². The molecular weight excluding hydrogens is 276 g/mol. The van der Waals surface area contributed by atoms with Crippen LogP contribution in [0.2, 0.25) is 0 Å². The van der Waals surface area contributed by atoms with Gasteiger partial charge in [-0.15, -0.1) is 0 Å². The van der Waals surface area contributed by atoms with Crippen LogP contribution in [0.5, 0.6) is 0 Å². The summed E-state index contributed by atoms with van der Waals surface area (Å²) in [4.78, 5) is 0.274. The lowest BCUT2D eigenvalue weighted by Gasteiger charge is -2.23. The summed E-state index contributed by atoms with van der Waals surface area (Å²) in [6.45, 7) is 2.96. The van der Waals surface area contributed by atoms with Crippen LogP contribution < -0.4 is 10.5 Å². The van der Waals surface area contributed by atoms with Gasteiger partial charge in [0.2, 0.25) is 10.0 Å². The first-order valence-corrected chi connectivity index (χ1v) is 8.51. The number of nitrogens with two attached hydrogens (primary N) is 1. The molecule has 6 heteroatoms. The molecule has 20 heavy (non-hydrogen) atoms. The Labute approximate surface area is 120 Å². The Kier molecular flexibility index (Phi) is 5.01. The molecular formula is C14H22N2O3S. The number of rotatable bonds is 5. The molecule has 0 aliphatic carbocycles. The molecule has 3 N–H and O–H groups in total. The van der Waals surface area contributed by atoms with E-state index in [1.54, 1.807) is 12.1 Å². The lowest BCUT2D eigenvalue weighted by atomic mass is 10.1. The van der Waals surface area contributed by atoms with Crippen molar-refractivity contribution >= 4 is 15.7 Å². The Morgan fingerprint density at radius 1 is 1.40 bits per heavy atom. The van der Waals surface area contributed by atoms with Crippen LogP contribution in [-0.4, -0.2) is 27.7 Å². The second-order valence-corrected chi connectivity index (χ2v) is 6.80. The maximum atomic E-state index is 12.4. The van der Waals surface area contributed by atoms with Crippen molar-refractivity contribution in [1.29, 1.82) is 0 Å². The smallest absolute Gasteiger partial charge is 0.241 e. The Hall–Kier alpha value is -1.11. The zero-order chi connectivity index (χ0) is 14.6. The highest BCUT2D eigenvalue weighted by atomic mass is 32.2. The van der Waals surface area contributed by atoms with Crippen LogP contribution in [0.25, 0.3) is 0 Å². The van der Waals surface area contributed by atoms with Gasteiger partial charge in [-0.05, 0) is 43.4 Å². The van der Waals surface area contributed by atoms with E-state index >= 15 is 0 Å². The lowest BCUT2D eigenvalue weighted by molar-refractivity contribution is 0.0200. The van der Waals surface area contributed by atoms with E-state index in [0.717, 1.165) is 24.8 Å². The Morgan fingerprint density at radius 2 is 2.20 bits per heavy atom. The highest BCUT2D eigenvalue weighted by Crippen LogP contribution is 2.20. The molecule has 1 unspecified atom stereocenters. The summed E-state index contributed by atoms with van der Waals surface area (Å²) in [5.74, 6) is 0. The molecule has 1 atom stereocenters. The first-order chi connectivity index (χ1) is 9.53. The molecule has 0 radical (unpaired) electrons. The number of sulfonamides is 1. The highest BCUT2D eigenvalue weighted by molar-refractivity contribution is 7.89. The van der Waals surface area contributed by atoms with Crippen molar-refractivity contribution < 1.29 is 13.2 Å². The molecule has 2 rings (SSSR count). The number of nitrogen functional groups attached to an aromatic ring is 1. The fourth-order valence-corrected chi connectivity index (χ4v) is 3.77. The summed E-state index contributed by atoms with van der Waals surface area (Å²) in [5.41, 5.74) is 6.93. The van der Waals surface area contributed by atoms with Crippen LogP contribution in [0.15, 0.2) is 23.1 Å². The van der Waals surface area contributed by atoms with Gasteiger partial charge in [0.05, 0.1) is 11.0 Å². The van der Waals surface area contributed by atoms with Crippen LogP contribution in [0, 0.1) is 0 Å². The van der Waals surface area contributed by atoms with Crippen LogP contribution in [0.1, 0.15) is 31.7 Å². The third-order valence-corrected chi connectivity index (χ3v) is 5.04. The number of nitrogens with one attached hydrogen (secondary N) is 1. The van der Waals surface area contributed by atoms with Gasteiger partial charge in [0.1, 0.15) is 0 Å². The highest BCUT2D eigenvalue weighted by Gasteiger charge is 2.21. The Morgan fingerprint density at radius 3 is 2.85 bits per heavy atom. The SMILES string of the molecule is CCc1ccc(N)cc1S(=O)(=O)NCC1CCCCO1. The summed E-state index contributed by atoms with van der Waals surface area (Å²) >= 11 is 0. The summed E-state index contributed by atoms with van der Waals surface area (Å²) < 4.78 is 32.9. The predicted octanol–water partition coefficient (Wildman–Crippen LogP) is 1.68. The molecule has 0 bridgehead atoms. The van der Waals surface area contributed by atoms with Gasteiger partial charge in [-0.1, -0.05) is 13.0 Å². The van der Waals surface area contributed by atoms with Crippen molar-refractivity contribution in [3.8, 4) is 0 Å². The summed E-state index contributed by atoms with van der Waals surface area (Å²) in [6, 6.07) is 5.01. The molecule has 0 aromatic heterocycles. The van der Waals surface area contributed by atoms with Gasteiger partial charge in [-0.3, -0.25) is 0 Å². The summed E-state index contributed by atoms with van der Waals surface area (Å²) in [5, 5.41) is 0. The van der Waals surface area contributed by atoms with Crippen LogP contribution in [0.3, 0.4) is 0 Å². The second kappa shape index (κ2) is 6.56. The molecule has 0 saturated carbocycles. The maximum Gasteiger partial charge on any atom is 0.241 e. The van der Waals surface area contributed by atoms with Crippen LogP contribution in [-0.2, 0) is 21.2 Å². The zero-order valence-corrected chi connectivity index (χ0v) is 12.6. The molecule has 1 heterocycles. The van der Waals surface area contributed by atoms with Gasteiger partial charge in [0.25, 0.3) is 0 Å². The number of anilines is 1. The van der Waals surface area contributed by atoms with E-state index in [4.69, 9.17) is 10.5 Å². The van der Waals surface area contributed by atoms with Crippen LogP contribution in [0.4, 0.5) is 5.69 Å². The monoisotopic (exact) mass is 298 g/mol. The van der Waals surface area contributed by atoms with Gasteiger partial charge in [0, 0.05) is 18.8 Å². The van der Waals surface area contributed by atoms with Gasteiger partial charge in [-0.2, -0.15) is 0 Å². The zero-order valence-electron chi connectivity index (χ0n) is 11.8. The molecule has 1 aromatic rings. The van der Waals surface area contributed by atoms with Crippen molar-refractivity contribution in [1.82, 2.24) is 4.72 Å². The van der Waals surface area contributed by atoms with E-state index in [0.29, 0.717) is 25.3 Å². The first-order valence-electron chi connectivity index (χ1n) is 7.02. The number of benzene rings is 1. The molecule has 1 aliphatic rings. The molecule has 112 valence electrons. The average Bonchev–Trinajstić information content (AvgIpc) is 2.46. The Bertz CT molecular complexity index is 552. The standard InChI is InChI=1S/C14H22N2O3S/c1-2-11-6-7-12(15)9-14(11)20(17,18)16-10-13-5-3-4-8-19-13/h6-7,9,13,16H,2-5,8,10,15H2,1H3. The number of ether oxygens (including phenoxy) is 1. The van der Waals surface area contributed by atoms with Crippen molar-refractivity contribution in [2.75, 3.05) is 18.9 Å². The number of hydrogen-bond donors (Lipinski definition) is 2. The molecule has 1 saturated heterocycles. The topological polar surface area (TPSA) is 81.4 Å². The molecule has 1 aromatic carbocycles.